The highest BCUT2D eigenvalue weighted by Crippen LogP contribution is 2.37. The molecule has 1 heterocycles. The van der Waals surface area contributed by atoms with Gasteiger partial charge in [0.25, 0.3) is 0 Å². The van der Waals surface area contributed by atoms with Crippen LogP contribution in [0.4, 0.5) is 4.39 Å². The maximum atomic E-state index is 12.8. The Morgan fingerprint density at radius 2 is 1.82 bits per heavy atom. The number of nitrogens with zero attached hydrogens (tertiary/aromatic N) is 2. The van der Waals surface area contributed by atoms with E-state index < -0.39 is 0 Å². The van der Waals surface area contributed by atoms with Crippen LogP contribution in [0.25, 0.3) is 0 Å². The first-order valence-electron chi connectivity index (χ1n) is 4.98. The summed E-state index contributed by atoms with van der Waals surface area (Å²) in [6.45, 7) is 2.08. The summed E-state index contributed by atoms with van der Waals surface area (Å²) in [5.41, 5.74) is 1.09. The first-order valence-corrected chi connectivity index (χ1v) is 7.90. The Balaban J connectivity index is 2.05. The molecule has 0 aliphatic heterocycles. The van der Waals surface area contributed by atoms with Crippen LogP contribution < -0.4 is 0 Å². The first kappa shape index (κ1) is 12.9. The molecule has 1 atom stereocenters. The fourth-order valence-electron chi connectivity index (χ4n) is 1.28. The van der Waals surface area contributed by atoms with E-state index in [0.29, 0.717) is 0 Å². The number of benzene rings is 1. The average Bonchev–Trinajstić information content (AvgIpc) is 2.77. The Hall–Kier alpha value is -0.590. The van der Waals surface area contributed by atoms with Gasteiger partial charge in [-0.1, -0.05) is 47.0 Å². The monoisotopic (exact) mass is 286 g/mol. The standard InChI is InChI=1S/C11H11FN2S3/c1-7(8-3-5-9(12)6-4-8)16-11-14-13-10(15-2)17-11/h3-7H,1-2H3/t7-/m0/s1. The number of aromatic nitrogens is 2. The lowest BCUT2D eigenvalue weighted by Gasteiger charge is -2.08. The van der Waals surface area contributed by atoms with E-state index in [9.17, 15) is 4.39 Å². The summed E-state index contributed by atoms with van der Waals surface area (Å²) >= 11 is 4.83. The SMILES string of the molecule is CSc1nnc(S[C@@H](C)c2ccc(F)cc2)s1. The van der Waals surface area contributed by atoms with Gasteiger partial charge < -0.3 is 0 Å². The van der Waals surface area contributed by atoms with Crippen molar-refractivity contribution < 1.29 is 4.39 Å². The van der Waals surface area contributed by atoms with E-state index in [1.165, 1.54) is 12.1 Å². The quantitative estimate of drug-likeness (QED) is 0.785. The number of rotatable bonds is 4. The molecule has 17 heavy (non-hydrogen) atoms. The van der Waals surface area contributed by atoms with Crippen LogP contribution in [-0.4, -0.2) is 16.5 Å². The van der Waals surface area contributed by atoms with E-state index >= 15 is 0 Å². The second-order valence-corrected chi connectivity index (χ2v) is 6.97. The molecular formula is C11H11FN2S3. The zero-order valence-electron chi connectivity index (χ0n) is 9.38. The van der Waals surface area contributed by atoms with Gasteiger partial charge in [0.15, 0.2) is 8.68 Å². The lowest BCUT2D eigenvalue weighted by atomic mass is 10.2. The molecule has 0 unspecified atom stereocenters. The van der Waals surface area contributed by atoms with Crippen molar-refractivity contribution in [2.24, 2.45) is 0 Å². The molecule has 0 saturated carbocycles. The van der Waals surface area contributed by atoms with E-state index in [1.807, 2.05) is 18.4 Å². The second-order valence-electron chi connectivity index (χ2n) is 3.35. The normalized spacial score (nSPS) is 12.6. The predicted molar refractivity (Wildman–Crippen MR) is 72.4 cm³/mol. The largest absolute Gasteiger partial charge is 0.207 e. The molecule has 0 radical (unpaired) electrons. The van der Waals surface area contributed by atoms with Crippen LogP contribution in [0, 0.1) is 5.82 Å². The van der Waals surface area contributed by atoms with Crippen LogP contribution in [0.5, 0.6) is 0 Å². The maximum Gasteiger partial charge on any atom is 0.175 e. The van der Waals surface area contributed by atoms with Gasteiger partial charge in [-0.15, -0.1) is 10.2 Å². The molecule has 2 aromatic rings. The smallest absolute Gasteiger partial charge is 0.175 e. The predicted octanol–water partition coefficient (Wildman–Crippen LogP) is 4.25. The molecule has 90 valence electrons. The molecule has 0 spiro atoms. The minimum atomic E-state index is -0.202. The van der Waals surface area contributed by atoms with Crippen LogP contribution in [0.2, 0.25) is 0 Å². The highest BCUT2D eigenvalue weighted by atomic mass is 32.2. The Bertz CT molecular complexity index is 484. The summed E-state index contributed by atoms with van der Waals surface area (Å²) in [6.07, 6.45) is 1.98. The summed E-state index contributed by atoms with van der Waals surface area (Å²) in [7, 11) is 0. The molecule has 0 amide bonds. The van der Waals surface area contributed by atoms with Crippen LogP contribution >= 0.6 is 34.9 Å². The van der Waals surface area contributed by atoms with Gasteiger partial charge in [-0.25, -0.2) is 4.39 Å². The van der Waals surface area contributed by atoms with Gasteiger partial charge in [0.1, 0.15) is 5.82 Å². The molecule has 0 saturated heterocycles. The number of halogens is 1. The van der Waals surface area contributed by atoms with Gasteiger partial charge in [0.05, 0.1) is 0 Å². The lowest BCUT2D eigenvalue weighted by Crippen LogP contribution is -1.88. The van der Waals surface area contributed by atoms with E-state index in [-0.39, 0.29) is 11.1 Å². The first-order chi connectivity index (χ1) is 8.19. The van der Waals surface area contributed by atoms with Crippen molar-refractivity contribution in [2.75, 3.05) is 6.26 Å². The number of thioether (sulfide) groups is 2. The molecule has 6 heteroatoms. The molecule has 0 aliphatic rings. The zero-order chi connectivity index (χ0) is 12.3. The molecule has 2 rings (SSSR count). The van der Waals surface area contributed by atoms with Crippen LogP contribution in [0.1, 0.15) is 17.7 Å². The van der Waals surface area contributed by atoms with Crippen molar-refractivity contribution >= 4 is 34.9 Å². The molecule has 0 fully saturated rings. The lowest BCUT2D eigenvalue weighted by molar-refractivity contribution is 0.627. The zero-order valence-corrected chi connectivity index (χ0v) is 11.8. The Morgan fingerprint density at radius 1 is 1.18 bits per heavy atom. The number of hydrogen-bond donors (Lipinski definition) is 0. The van der Waals surface area contributed by atoms with E-state index in [1.54, 1.807) is 34.9 Å². The number of hydrogen-bond acceptors (Lipinski definition) is 5. The Labute approximate surface area is 112 Å². The Kier molecular flexibility index (Phi) is 4.42. The molecular weight excluding hydrogens is 275 g/mol. The molecule has 0 bridgehead atoms. The highest BCUT2D eigenvalue weighted by molar-refractivity contribution is 8.03. The summed E-state index contributed by atoms with van der Waals surface area (Å²) in [4.78, 5) is 0. The Morgan fingerprint density at radius 3 is 2.41 bits per heavy atom. The van der Waals surface area contributed by atoms with Gasteiger partial charge in [0, 0.05) is 5.25 Å². The van der Waals surface area contributed by atoms with Gasteiger partial charge >= 0.3 is 0 Å². The fourth-order valence-corrected chi connectivity index (χ4v) is 3.99. The van der Waals surface area contributed by atoms with Crippen molar-refractivity contribution in [3.8, 4) is 0 Å². The van der Waals surface area contributed by atoms with Crippen LogP contribution in [0.3, 0.4) is 0 Å². The summed E-state index contributed by atoms with van der Waals surface area (Å²) in [6, 6.07) is 6.59. The highest BCUT2D eigenvalue weighted by Gasteiger charge is 2.11. The summed E-state index contributed by atoms with van der Waals surface area (Å²) in [5, 5.41) is 8.40. The average molecular weight is 286 g/mol. The fraction of sp³-hybridized carbons (Fsp3) is 0.273. The van der Waals surface area contributed by atoms with Gasteiger partial charge in [-0.2, -0.15) is 0 Å². The summed E-state index contributed by atoms with van der Waals surface area (Å²) in [5.74, 6) is -0.202. The third-order valence-corrected chi connectivity index (χ3v) is 5.32. The molecule has 1 aromatic heterocycles. The van der Waals surface area contributed by atoms with Crippen molar-refractivity contribution in [2.45, 2.75) is 20.9 Å². The third kappa shape index (κ3) is 3.43. The molecule has 1 aromatic carbocycles. The van der Waals surface area contributed by atoms with Crippen molar-refractivity contribution in [3.05, 3.63) is 35.6 Å². The minimum absolute atomic E-state index is 0.202. The second kappa shape index (κ2) is 5.84. The van der Waals surface area contributed by atoms with Gasteiger partial charge in [-0.05, 0) is 30.9 Å². The molecule has 0 N–H and O–H groups in total. The maximum absolute atomic E-state index is 12.8. The van der Waals surface area contributed by atoms with E-state index in [2.05, 4.69) is 17.1 Å². The van der Waals surface area contributed by atoms with Crippen molar-refractivity contribution in [3.63, 3.8) is 0 Å². The van der Waals surface area contributed by atoms with Crippen molar-refractivity contribution in [1.82, 2.24) is 10.2 Å². The van der Waals surface area contributed by atoms with Gasteiger partial charge in [-0.3, -0.25) is 0 Å². The third-order valence-electron chi connectivity index (χ3n) is 2.18. The topological polar surface area (TPSA) is 25.8 Å². The van der Waals surface area contributed by atoms with Crippen LogP contribution in [0.15, 0.2) is 32.9 Å². The van der Waals surface area contributed by atoms with Gasteiger partial charge in [0.2, 0.25) is 0 Å². The molecule has 2 nitrogen and oxygen atoms in total. The van der Waals surface area contributed by atoms with Crippen LogP contribution in [-0.2, 0) is 0 Å². The van der Waals surface area contributed by atoms with Crippen molar-refractivity contribution in [1.29, 1.82) is 0 Å². The minimum Gasteiger partial charge on any atom is -0.207 e. The summed E-state index contributed by atoms with van der Waals surface area (Å²) < 4.78 is 14.7. The molecule has 0 aliphatic carbocycles. The van der Waals surface area contributed by atoms with E-state index in [4.69, 9.17) is 0 Å². The van der Waals surface area contributed by atoms with E-state index in [0.717, 1.165) is 14.2 Å².